The molecular formula is C15H16F3NO4. The minimum atomic E-state index is -4.43. The molecular weight excluding hydrogens is 315 g/mol. The van der Waals surface area contributed by atoms with Gasteiger partial charge in [-0.3, -0.25) is 9.59 Å². The van der Waals surface area contributed by atoms with Gasteiger partial charge in [0.15, 0.2) is 0 Å². The molecule has 1 saturated heterocycles. The molecule has 0 radical (unpaired) electrons. The molecule has 1 N–H and O–H groups in total. The van der Waals surface area contributed by atoms with Gasteiger partial charge in [-0.05, 0) is 24.1 Å². The second kappa shape index (κ2) is 6.99. The van der Waals surface area contributed by atoms with Crippen molar-refractivity contribution in [2.24, 2.45) is 5.92 Å². The summed E-state index contributed by atoms with van der Waals surface area (Å²) in [5, 5.41) is 8.93. The van der Waals surface area contributed by atoms with Crippen LogP contribution in [0, 0.1) is 5.92 Å². The summed E-state index contributed by atoms with van der Waals surface area (Å²) in [5.74, 6) is -1.93. The fourth-order valence-corrected chi connectivity index (χ4v) is 2.38. The normalized spacial score (nSPS) is 18.0. The molecule has 1 aromatic carbocycles. The molecule has 0 spiro atoms. The van der Waals surface area contributed by atoms with E-state index in [1.807, 2.05) is 0 Å². The lowest BCUT2D eigenvalue weighted by Crippen LogP contribution is -2.39. The van der Waals surface area contributed by atoms with Gasteiger partial charge in [0.25, 0.3) is 0 Å². The predicted molar refractivity (Wildman–Crippen MR) is 73.4 cm³/mol. The molecule has 0 aliphatic carbocycles. The highest BCUT2D eigenvalue weighted by Crippen LogP contribution is 2.29. The molecule has 0 bridgehead atoms. The number of hydrogen-bond acceptors (Lipinski definition) is 3. The molecule has 1 aliphatic heterocycles. The van der Waals surface area contributed by atoms with Crippen molar-refractivity contribution in [3.05, 3.63) is 35.4 Å². The molecule has 0 unspecified atom stereocenters. The van der Waals surface area contributed by atoms with Crippen molar-refractivity contribution in [3.63, 3.8) is 0 Å². The maximum atomic E-state index is 12.5. The summed E-state index contributed by atoms with van der Waals surface area (Å²) in [5.41, 5.74) is -0.354. The number of halogens is 3. The van der Waals surface area contributed by atoms with Crippen LogP contribution in [-0.4, -0.2) is 41.6 Å². The Morgan fingerprint density at radius 1 is 1.26 bits per heavy atom. The first-order valence-electron chi connectivity index (χ1n) is 7.02. The maximum absolute atomic E-state index is 12.5. The van der Waals surface area contributed by atoms with Gasteiger partial charge in [-0.1, -0.05) is 12.1 Å². The number of ether oxygens (including phenoxy) is 1. The first-order chi connectivity index (χ1) is 10.8. The van der Waals surface area contributed by atoms with Crippen molar-refractivity contribution in [2.45, 2.75) is 19.1 Å². The summed E-state index contributed by atoms with van der Waals surface area (Å²) < 4.78 is 42.7. The van der Waals surface area contributed by atoms with E-state index >= 15 is 0 Å². The molecule has 1 aliphatic rings. The van der Waals surface area contributed by atoms with Gasteiger partial charge in [-0.25, -0.2) is 0 Å². The summed E-state index contributed by atoms with van der Waals surface area (Å²) in [6.07, 6.45) is -3.92. The van der Waals surface area contributed by atoms with E-state index < -0.39 is 30.2 Å². The number of carbonyl (C=O) groups excluding carboxylic acids is 1. The Morgan fingerprint density at radius 3 is 2.39 bits per heavy atom. The number of amides is 1. The fourth-order valence-electron chi connectivity index (χ4n) is 2.38. The topological polar surface area (TPSA) is 66.8 Å². The average molecular weight is 331 g/mol. The molecule has 1 aromatic rings. The van der Waals surface area contributed by atoms with E-state index in [4.69, 9.17) is 9.84 Å². The lowest BCUT2D eigenvalue weighted by Gasteiger charge is -2.23. The number of carbonyl (C=O) groups is 2. The zero-order valence-electron chi connectivity index (χ0n) is 12.2. The number of nitrogens with zero attached hydrogens (tertiary/aromatic N) is 1. The molecule has 1 amide bonds. The van der Waals surface area contributed by atoms with Crippen molar-refractivity contribution in [2.75, 3.05) is 19.8 Å². The first kappa shape index (κ1) is 17.3. The summed E-state index contributed by atoms with van der Waals surface area (Å²) in [6, 6.07) is 4.32. The van der Waals surface area contributed by atoms with Crippen LogP contribution in [0.5, 0.6) is 0 Å². The van der Waals surface area contributed by atoms with Crippen LogP contribution >= 0.6 is 0 Å². The van der Waals surface area contributed by atoms with E-state index in [-0.39, 0.29) is 19.1 Å². The Hall–Kier alpha value is -2.09. The Labute approximate surface area is 130 Å². The predicted octanol–water partition coefficient (Wildman–Crippen LogP) is 2.16. The Kier molecular flexibility index (Phi) is 5.25. The van der Waals surface area contributed by atoms with E-state index in [0.717, 1.165) is 17.0 Å². The van der Waals surface area contributed by atoms with Crippen LogP contribution in [0.1, 0.15) is 17.5 Å². The van der Waals surface area contributed by atoms with Gasteiger partial charge in [0.2, 0.25) is 5.91 Å². The van der Waals surface area contributed by atoms with Gasteiger partial charge in [-0.15, -0.1) is 0 Å². The third kappa shape index (κ3) is 4.69. The fraction of sp³-hybridized carbons (Fsp3) is 0.467. The highest BCUT2D eigenvalue weighted by atomic mass is 19.4. The number of carboxylic acids is 1. The van der Waals surface area contributed by atoms with E-state index in [0.29, 0.717) is 18.6 Å². The van der Waals surface area contributed by atoms with Crippen LogP contribution in [0.15, 0.2) is 24.3 Å². The maximum Gasteiger partial charge on any atom is 0.416 e. The van der Waals surface area contributed by atoms with Crippen LogP contribution in [0.3, 0.4) is 0 Å². The molecule has 8 heteroatoms. The third-order valence-corrected chi connectivity index (χ3v) is 3.57. The second-order valence-electron chi connectivity index (χ2n) is 5.34. The molecule has 1 fully saturated rings. The number of alkyl halides is 3. The van der Waals surface area contributed by atoms with Gasteiger partial charge in [0.1, 0.15) is 6.54 Å². The lowest BCUT2D eigenvalue weighted by molar-refractivity contribution is -0.146. The van der Waals surface area contributed by atoms with Gasteiger partial charge in [0, 0.05) is 13.2 Å². The monoisotopic (exact) mass is 331 g/mol. The van der Waals surface area contributed by atoms with E-state index in [1.165, 1.54) is 12.1 Å². The highest BCUT2D eigenvalue weighted by Gasteiger charge is 2.31. The van der Waals surface area contributed by atoms with Gasteiger partial charge in [0.05, 0.1) is 18.1 Å². The van der Waals surface area contributed by atoms with E-state index in [9.17, 15) is 22.8 Å². The van der Waals surface area contributed by atoms with Crippen LogP contribution in [0.2, 0.25) is 0 Å². The van der Waals surface area contributed by atoms with Gasteiger partial charge >= 0.3 is 12.1 Å². The molecule has 5 nitrogen and oxygen atoms in total. The van der Waals surface area contributed by atoms with Crippen LogP contribution in [-0.2, 0) is 27.0 Å². The molecule has 2 rings (SSSR count). The van der Waals surface area contributed by atoms with Crippen molar-refractivity contribution < 1.29 is 32.6 Å². The molecule has 0 saturated carbocycles. The zero-order chi connectivity index (χ0) is 17.0. The number of hydrogen-bond donors (Lipinski definition) is 1. The molecule has 1 heterocycles. The van der Waals surface area contributed by atoms with Crippen LogP contribution < -0.4 is 0 Å². The Morgan fingerprint density at radius 2 is 1.91 bits per heavy atom. The summed E-state index contributed by atoms with van der Waals surface area (Å²) >= 11 is 0. The zero-order valence-corrected chi connectivity index (χ0v) is 12.2. The van der Waals surface area contributed by atoms with Crippen molar-refractivity contribution in [1.29, 1.82) is 0 Å². The lowest BCUT2D eigenvalue weighted by atomic mass is 10.1. The second-order valence-corrected chi connectivity index (χ2v) is 5.34. The molecule has 126 valence electrons. The van der Waals surface area contributed by atoms with Crippen molar-refractivity contribution >= 4 is 11.9 Å². The van der Waals surface area contributed by atoms with Gasteiger partial charge in [-0.2, -0.15) is 13.2 Å². The Bertz CT molecular complexity index is 565. The summed E-state index contributed by atoms with van der Waals surface area (Å²) in [6.45, 7) is 0.121. The van der Waals surface area contributed by atoms with Crippen LogP contribution in [0.25, 0.3) is 0 Å². The SMILES string of the molecule is O=C(O)CN(Cc1ccc(C(F)(F)F)cc1)C(=O)[C@H]1CCOC1. The number of benzene rings is 1. The Balaban J connectivity index is 2.10. The smallest absolute Gasteiger partial charge is 0.416 e. The average Bonchev–Trinajstić information content (AvgIpc) is 2.99. The van der Waals surface area contributed by atoms with E-state index in [1.54, 1.807) is 0 Å². The molecule has 0 aromatic heterocycles. The third-order valence-electron chi connectivity index (χ3n) is 3.57. The molecule has 1 atom stereocenters. The van der Waals surface area contributed by atoms with E-state index in [2.05, 4.69) is 0 Å². The largest absolute Gasteiger partial charge is 0.480 e. The first-order valence-corrected chi connectivity index (χ1v) is 7.02. The van der Waals surface area contributed by atoms with Crippen molar-refractivity contribution in [1.82, 2.24) is 4.90 Å². The quantitative estimate of drug-likeness (QED) is 0.898. The standard InChI is InChI=1S/C15H16F3NO4/c16-15(17,18)12-3-1-10(2-4-12)7-19(8-13(20)21)14(22)11-5-6-23-9-11/h1-4,11H,5-9H2,(H,20,21)/t11-/m0/s1. The summed E-state index contributed by atoms with van der Waals surface area (Å²) in [4.78, 5) is 24.4. The summed E-state index contributed by atoms with van der Waals surface area (Å²) in [7, 11) is 0. The number of aliphatic carboxylic acids is 1. The van der Waals surface area contributed by atoms with Crippen LogP contribution in [0.4, 0.5) is 13.2 Å². The highest BCUT2D eigenvalue weighted by molar-refractivity contribution is 5.83. The number of rotatable bonds is 5. The molecule has 23 heavy (non-hydrogen) atoms. The van der Waals surface area contributed by atoms with Gasteiger partial charge < -0.3 is 14.7 Å². The minimum absolute atomic E-state index is 0.0558. The number of carboxylic acid groups (broad SMARTS) is 1. The van der Waals surface area contributed by atoms with Crippen molar-refractivity contribution in [3.8, 4) is 0 Å². The minimum Gasteiger partial charge on any atom is -0.480 e.